The summed E-state index contributed by atoms with van der Waals surface area (Å²) in [6.45, 7) is 3.29. The van der Waals surface area contributed by atoms with Crippen molar-refractivity contribution in [1.82, 2.24) is 10.2 Å². The number of nitrogens with zero attached hydrogens (tertiary/aromatic N) is 2. The Morgan fingerprint density at radius 1 is 1.40 bits per heavy atom. The smallest absolute Gasteiger partial charge is 0.242 e. The topological polar surface area (TPSA) is 102 Å². The van der Waals surface area contributed by atoms with Crippen LogP contribution in [0.25, 0.3) is 0 Å². The molecule has 2 amide bonds. The quantitative estimate of drug-likeness (QED) is 0.702. The van der Waals surface area contributed by atoms with Crippen LogP contribution in [0.3, 0.4) is 0 Å². The van der Waals surface area contributed by atoms with Crippen LogP contribution in [-0.2, 0) is 14.4 Å². The van der Waals surface area contributed by atoms with Crippen molar-refractivity contribution < 1.29 is 19.5 Å². The first-order valence-corrected chi connectivity index (χ1v) is 8.56. The lowest BCUT2D eigenvalue weighted by atomic mass is 10.2. The van der Waals surface area contributed by atoms with E-state index >= 15 is 0 Å². The Kier molecular flexibility index (Phi) is 6.60. The number of hydrogen-bond acceptors (Lipinski definition) is 6. The van der Waals surface area contributed by atoms with Gasteiger partial charge in [-0.1, -0.05) is 29.4 Å². The van der Waals surface area contributed by atoms with Gasteiger partial charge in [0.15, 0.2) is 5.17 Å². The molecule has 1 aliphatic heterocycles. The molecule has 132 valence electrons. The summed E-state index contributed by atoms with van der Waals surface area (Å²) in [6, 6.07) is 6.80. The fourth-order valence-electron chi connectivity index (χ4n) is 2.06. The lowest BCUT2D eigenvalue weighted by Crippen LogP contribution is -2.39. The molecule has 1 N–H and O–H groups in total. The van der Waals surface area contributed by atoms with E-state index < -0.39 is 23.7 Å². The van der Waals surface area contributed by atoms with Gasteiger partial charge in [-0.15, -0.1) is 6.58 Å². The molecule has 1 heterocycles. The predicted molar refractivity (Wildman–Crippen MR) is 94.5 cm³/mol. The van der Waals surface area contributed by atoms with Crippen LogP contribution in [0, 0.1) is 0 Å². The number of hydrogen-bond donors (Lipinski definition) is 1. The molecule has 0 bridgehead atoms. The second-order valence-corrected chi connectivity index (χ2v) is 6.67. The van der Waals surface area contributed by atoms with Gasteiger partial charge < -0.3 is 15.2 Å². The molecule has 2 rings (SSSR count). The maximum atomic E-state index is 12.5. The molecular weight excluding hydrogens is 366 g/mol. The minimum atomic E-state index is -1.39. The van der Waals surface area contributed by atoms with Crippen LogP contribution in [0.5, 0.6) is 0 Å². The molecule has 7 nitrogen and oxygen atoms in total. The molecule has 1 saturated heterocycles. The maximum Gasteiger partial charge on any atom is 0.242 e. The molecule has 0 saturated carbocycles. The minimum absolute atomic E-state index is 0.149. The van der Waals surface area contributed by atoms with Gasteiger partial charge in [-0.2, -0.15) is 0 Å². The van der Waals surface area contributed by atoms with Gasteiger partial charge >= 0.3 is 0 Å². The maximum absolute atomic E-state index is 12.5. The number of carboxylic acids is 1. The average molecular weight is 381 g/mol. The number of amides is 2. The van der Waals surface area contributed by atoms with Crippen molar-refractivity contribution in [3.63, 3.8) is 0 Å². The standard InChI is InChI=1S/C16H16ClN3O4S/c1-2-7-20-15(24)12(8-13(21)18-9-14(22)23)25-16(20)19-11-5-3-10(17)4-6-11/h2-6,12H,1,7-9H2,(H,18,21)(H,22,23)/p-1/t12-/m0/s1. The summed E-state index contributed by atoms with van der Waals surface area (Å²) >= 11 is 6.99. The van der Waals surface area contributed by atoms with Gasteiger partial charge in [-0.05, 0) is 24.3 Å². The number of carbonyl (C=O) groups is 3. The van der Waals surface area contributed by atoms with E-state index in [1.807, 2.05) is 0 Å². The summed E-state index contributed by atoms with van der Waals surface area (Å²) in [5.41, 5.74) is 0.621. The zero-order valence-corrected chi connectivity index (χ0v) is 14.7. The van der Waals surface area contributed by atoms with Crippen LogP contribution in [0.2, 0.25) is 5.02 Å². The molecule has 1 fully saturated rings. The molecule has 1 atom stereocenters. The summed E-state index contributed by atoms with van der Waals surface area (Å²) < 4.78 is 0. The average Bonchev–Trinajstić information content (AvgIpc) is 2.84. The van der Waals surface area contributed by atoms with Gasteiger partial charge in [0, 0.05) is 18.0 Å². The normalized spacial score (nSPS) is 18.4. The van der Waals surface area contributed by atoms with Crippen molar-refractivity contribution in [2.75, 3.05) is 13.1 Å². The number of amidine groups is 1. The van der Waals surface area contributed by atoms with Gasteiger partial charge in [0.05, 0.1) is 18.2 Å². The second-order valence-electron chi connectivity index (χ2n) is 5.07. The number of nitrogens with one attached hydrogen (secondary N) is 1. The first-order valence-electron chi connectivity index (χ1n) is 7.30. The molecule has 1 aromatic carbocycles. The summed E-state index contributed by atoms with van der Waals surface area (Å²) in [5.74, 6) is -2.21. The Labute approximate surface area is 153 Å². The van der Waals surface area contributed by atoms with Crippen LogP contribution < -0.4 is 10.4 Å². The second kappa shape index (κ2) is 8.68. The van der Waals surface area contributed by atoms with Gasteiger partial charge in [0.25, 0.3) is 0 Å². The number of aliphatic imine (C=N–C) groups is 1. The Morgan fingerprint density at radius 2 is 2.08 bits per heavy atom. The number of benzene rings is 1. The molecule has 0 spiro atoms. The highest BCUT2D eigenvalue weighted by molar-refractivity contribution is 8.15. The van der Waals surface area contributed by atoms with Crippen molar-refractivity contribution in [2.45, 2.75) is 11.7 Å². The van der Waals surface area contributed by atoms with Gasteiger partial charge in [-0.3, -0.25) is 14.5 Å². The van der Waals surface area contributed by atoms with Crippen LogP contribution in [-0.4, -0.2) is 46.2 Å². The van der Waals surface area contributed by atoms with Crippen LogP contribution in [0.15, 0.2) is 41.9 Å². The number of carboxylic acid groups (broad SMARTS) is 1. The zero-order valence-electron chi connectivity index (χ0n) is 13.1. The highest BCUT2D eigenvalue weighted by Gasteiger charge is 2.38. The van der Waals surface area contributed by atoms with Gasteiger partial charge in [0.2, 0.25) is 11.8 Å². The third-order valence-corrected chi connectivity index (χ3v) is 4.61. The molecule has 25 heavy (non-hydrogen) atoms. The lowest BCUT2D eigenvalue weighted by Gasteiger charge is -2.13. The molecule has 0 aromatic heterocycles. The number of halogens is 1. The number of rotatable bonds is 7. The summed E-state index contributed by atoms with van der Waals surface area (Å²) in [7, 11) is 0. The van der Waals surface area contributed by atoms with Crippen molar-refractivity contribution in [3.05, 3.63) is 41.9 Å². The lowest BCUT2D eigenvalue weighted by molar-refractivity contribution is -0.304. The van der Waals surface area contributed by atoms with Crippen molar-refractivity contribution in [3.8, 4) is 0 Å². The fourth-order valence-corrected chi connectivity index (χ4v) is 3.35. The van der Waals surface area contributed by atoms with E-state index in [4.69, 9.17) is 11.6 Å². The minimum Gasteiger partial charge on any atom is -0.548 e. The summed E-state index contributed by atoms with van der Waals surface area (Å²) in [4.78, 5) is 40.5. The summed E-state index contributed by atoms with van der Waals surface area (Å²) in [6.07, 6.45) is 1.42. The van der Waals surface area contributed by atoms with E-state index in [1.54, 1.807) is 30.3 Å². The molecule has 9 heteroatoms. The third kappa shape index (κ3) is 5.33. The Hall–Kier alpha value is -2.32. The van der Waals surface area contributed by atoms with E-state index in [-0.39, 0.29) is 18.9 Å². The number of carbonyl (C=O) groups excluding carboxylic acids is 3. The van der Waals surface area contributed by atoms with E-state index in [9.17, 15) is 19.5 Å². The molecule has 0 aliphatic carbocycles. The Balaban J connectivity index is 2.13. The van der Waals surface area contributed by atoms with E-state index in [2.05, 4.69) is 16.9 Å². The van der Waals surface area contributed by atoms with Crippen molar-refractivity contribution in [2.24, 2.45) is 4.99 Å². The van der Waals surface area contributed by atoms with Gasteiger partial charge in [0.1, 0.15) is 5.25 Å². The largest absolute Gasteiger partial charge is 0.548 e. The van der Waals surface area contributed by atoms with Crippen LogP contribution in [0.1, 0.15) is 6.42 Å². The molecular formula is C16H15ClN3O4S-. The van der Waals surface area contributed by atoms with Crippen LogP contribution >= 0.6 is 23.4 Å². The highest BCUT2D eigenvalue weighted by Crippen LogP contribution is 2.31. The predicted octanol–water partition coefficient (Wildman–Crippen LogP) is 0.714. The van der Waals surface area contributed by atoms with Crippen molar-refractivity contribution in [1.29, 1.82) is 0 Å². The molecule has 0 unspecified atom stereocenters. The van der Waals surface area contributed by atoms with Crippen molar-refractivity contribution >= 4 is 52.0 Å². The Morgan fingerprint density at radius 3 is 2.68 bits per heavy atom. The Bertz CT molecular complexity index is 721. The van der Waals surface area contributed by atoms with E-state index in [0.29, 0.717) is 15.9 Å². The SMILES string of the molecule is C=CCN1C(=O)[C@H](CC(=O)NCC(=O)[O-])SC1=Nc1ccc(Cl)cc1. The monoisotopic (exact) mass is 380 g/mol. The van der Waals surface area contributed by atoms with Crippen LogP contribution in [0.4, 0.5) is 5.69 Å². The highest BCUT2D eigenvalue weighted by atomic mass is 35.5. The molecule has 0 radical (unpaired) electrons. The number of aliphatic carboxylic acids is 1. The first-order chi connectivity index (χ1) is 11.9. The van der Waals surface area contributed by atoms with Gasteiger partial charge in [-0.25, -0.2) is 4.99 Å². The number of thioether (sulfide) groups is 1. The molecule has 1 aromatic rings. The zero-order chi connectivity index (χ0) is 18.4. The van der Waals surface area contributed by atoms with E-state index in [1.165, 1.54) is 4.90 Å². The van der Waals surface area contributed by atoms with E-state index in [0.717, 1.165) is 11.8 Å². The third-order valence-electron chi connectivity index (χ3n) is 3.18. The molecule has 1 aliphatic rings. The first kappa shape index (κ1) is 19.0. The summed E-state index contributed by atoms with van der Waals surface area (Å²) in [5, 5.41) is 12.9. The fraction of sp³-hybridized carbons (Fsp3) is 0.250.